The first kappa shape index (κ1) is 22.1. The maximum atomic E-state index is 13.8. The van der Waals surface area contributed by atoms with Crippen molar-refractivity contribution in [2.24, 2.45) is 0 Å². The lowest BCUT2D eigenvalue weighted by Gasteiger charge is -2.35. The summed E-state index contributed by atoms with van der Waals surface area (Å²) in [5.41, 5.74) is -1.50. The van der Waals surface area contributed by atoms with E-state index in [4.69, 9.17) is 4.74 Å². The number of anilines is 2. The number of amides is 1. The number of likely N-dealkylation sites (N-methyl/N-ethyl adjacent to an activating group) is 1. The van der Waals surface area contributed by atoms with E-state index < -0.39 is 29.2 Å². The van der Waals surface area contributed by atoms with Crippen molar-refractivity contribution in [2.45, 2.75) is 25.1 Å². The SMILES string of the molecule is CN1CCN(c2ccc(NC(=O)C3(C)Cc4ccccc4C(=O)O3)c(C(F)(F)F)c2)CC1. The van der Waals surface area contributed by atoms with Crippen molar-refractivity contribution < 1.29 is 27.5 Å². The lowest BCUT2D eigenvalue weighted by atomic mass is 9.89. The Hall–Kier alpha value is -3.07. The van der Waals surface area contributed by atoms with Crippen molar-refractivity contribution in [1.82, 2.24) is 4.90 Å². The Balaban J connectivity index is 1.59. The number of fused-ring (bicyclic) bond motifs is 1. The van der Waals surface area contributed by atoms with Crippen LogP contribution in [0.5, 0.6) is 0 Å². The van der Waals surface area contributed by atoms with Crippen LogP contribution >= 0.6 is 0 Å². The van der Waals surface area contributed by atoms with Gasteiger partial charge in [-0.15, -0.1) is 0 Å². The summed E-state index contributed by atoms with van der Waals surface area (Å²) in [5.74, 6) is -1.48. The molecule has 9 heteroatoms. The molecule has 0 spiro atoms. The van der Waals surface area contributed by atoms with E-state index in [0.717, 1.165) is 19.2 Å². The molecule has 4 rings (SSSR count). The number of nitrogens with one attached hydrogen (secondary N) is 1. The molecule has 2 aromatic carbocycles. The van der Waals surface area contributed by atoms with E-state index in [1.165, 1.54) is 13.0 Å². The van der Waals surface area contributed by atoms with Crippen molar-refractivity contribution in [3.05, 3.63) is 59.2 Å². The summed E-state index contributed by atoms with van der Waals surface area (Å²) in [7, 11) is 1.97. The van der Waals surface area contributed by atoms with Gasteiger partial charge in [0.05, 0.1) is 16.8 Å². The molecule has 0 saturated carbocycles. The standard InChI is InChI=1S/C23H24F3N3O3/c1-22(14-15-5-3-4-6-17(15)20(30)32-22)21(31)27-19-8-7-16(13-18(19)23(24,25)26)29-11-9-28(2)10-12-29/h3-8,13H,9-12,14H2,1-2H3,(H,27,31). The highest BCUT2D eigenvalue weighted by Gasteiger charge is 2.44. The molecule has 6 nitrogen and oxygen atoms in total. The smallest absolute Gasteiger partial charge is 0.418 e. The Morgan fingerprint density at radius 2 is 1.78 bits per heavy atom. The van der Waals surface area contributed by atoms with E-state index >= 15 is 0 Å². The second kappa shape index (κ2) is 8.12. The van der Waals surface area contributed by atoms with Crippen LogP contribution in [0.4, 0.5) is 24.5 Å². The molecule has 32 heavy (non-hydrogen) atoms. The van der Waals surface area contributed by atoms with Gasteiger partial charge in [0.25, 0.3) is 5.91 Å². The van der Waals surface area contributed by atoms with Gasteiger partial charge in [-0.05, 0) is 43.8 Å². The molecule has 170 valence electrons. The summed E-state index contributed by atoms with van der Waals surface area (Å²) < 4.78 is 46.9. The Labute approximate surface area is 183 Å². The number of alkyl halides is 3. The summed E-state index contributed by atoms with van der Waals surface area (Å²) >= 11 is 0. The Kier molecular flexibility index (Phi) is 5.62. The molecule has 1 saturated heterocycles. The highest BCUT2D eigenvalue weighted by Crippen LogP contribution is 2.38. The zero-order valence-electron chi connectivity index (χ0n) is 17.8. The molecule has 2 aliphatic rings. The fourth-order valence-electron chi connectivity index (χ4n) is 4.05. The van der Waals surface area contributed by atoms with E-state index in [1.54, 1.807) is 30.3 Å². The van der Waals surface area contributed by atoms with Crippen LogP contribution < -0.4 is 10.2 Å². The number of halogens is 3. The zero-order chi connectivity index (χ0) is 23.1. The number of hydrogen-bond acceptors (Lipinski definition) is 5. The van der Waals surface area contributed by atoms with E-state index in [0.29, 0.717) is 29.9 Å². The highest BCUT2D eigenvalue weighted by molar-refractivity contribution is 6.03. The van der Waals surface area contributed by atoms with Crippen molar-refractivity contribution in [3.8, 4) is 0 Å². The predicted molar refractivity (Wildman–Crippen MR) is 114 cm³/mol. The molecule has 2 aromatic rings. The molecule has 0 bridgehead atoms. The number of cyclic esters (lactones) is 1. The maximum Gasteiger partial charge on any atom is 0.418 e. The quantitative estimate of drug-likeness (QED) is 0.729. The minimum Gasteiger partial charge on any atom is -0.445 e. The van der Waals surface area contributed by atoms with Crippen molar-refractivity contribution in [2.75, 3.05) is 43.4 Å². The largest absolute Gasteiger partial charge is 0.445 e. The number of carbonyl (C=O) groups is 2. The number of esters is 1. The minimum absolute atomic E-state index is 0.0709. The zero-order valence-corrected chi connectivity index (χ0v) is 17.8. The molecule has 1 amide bonds. The Bertz CT molecular complexity index is 1050. The third kappa shape index (κ3) is 4.29. The second-order valence-electron chi connectivity index (χ2n) is 8.43. The van der Waals surface area contributed by atoms with Crippen molar-refractivity contribution in [3.63, 3.8) is 0 Å². The van der Waals surface area contributed by atoms with Gasteiger partial charge in [-0.1, -0.05) is 18.2 Å². The molecule has 1 atom stereocenters. The van der Waals surface area contributed by atoms with E-state index in [1.807, 2.05) is 11.9 Å². The van der Waals surface area contributed by atoms with Crippen molar-refractivity contribution >= 4 is 23.3 Å². The summed E-state index contributed by atoms with van der Waals surface area (Å²) in [6.45, 7) is 4.15. The lowest BCUT2D eigenvalue weighted by molar-refractivity contribution is -0.137. The van der Waals surface area contributed by atoms with Crippen LogP contribution in [0.25, 0.3) is 0 Å². The molecule has 2 heterocycles. The average molecular weight is 447 g/mol. The summed E-state index contributed by atoms with van der Waals surface area (Å²) in [6.07, 6.45) is -4.59. The first-order valence-corrected chi connectivity index (χ1v) is 10.3. The second-order valence-corrected chi connectivity index (χ2v) is 8.43. The van der Waals surface area contributed by atoms with Gasteiger partial charge in [0.1, 0.15) is 0 Å². The van der Waals surface area contributed by atoms with Crippen molar-refractivity contribution in [1.29, 1.82) is 0 Å². The highest BCUT2D eigenvalue weighted by atomic mass is 19.4. The van der Waals surface area contributed by atoms with E-state index in [2.05, 4.69) is 10.2 Å². The Morgan fingerprint density at radius 1 is 1.09 bits per heavy atom. The molecule has 1 N–H and O–H groups in total. The number of piperazine rings is 1. The van der Waals surface area contributed by atoms with Gasteiger partial charge in [0, 0.05) is 38.3 Å². The normalized spacial score (nSPS) is 21.7. The van der Waals surface area contributed by atoms with Gasteiger partial charge < -0.3 is 19.9 Å². The van der Waals surface area contributed by atoms with Gasteiger partial charge in [-0.2, -0.15) is 13.2 Å². The fraction of sp³-hybridized carbons (Fsp3) is 0.391. The molecular formula is C23H24F3N3O3. The van der Waals surface area contributed by atoms with Crippen LogP contribution in [0, 0.1) is 0 Å². The van der Waals surface area contributed by atoms with Gasteiger partial charge in [0.15, 0.2) is 5.60 Å². The molecule has 0 radical (unpaired) electrons. The minimum atomic E-state index is -4.66. The first-order valence-electron chi connectivity index (χ1n) is 10.3. The topological polar surface area (TPSA) is 61.9 Å². The summed E-state index contributed by atoms with van der Waals surface area (Å²) in [5, 5.41) is 2.35. The third-order valence-corrected chi connectivity index (χ3v) is 5.99. The van der Waals surface area contributed by atoms with Crippen LogP contribution in [-0.4, -0.2) is 55.6 Å². The van der Waals surface area contributed by atoms with Gasteiger partial charge in [-0.25, -0.2) is 4.79 Å². The number of nitrogens with zero attached hydrogens (tertiary/aromatic N) is 2. The van der Waals surface area contributed by atoms with E-state index in [-0.39, 0.29) is 12.1 Å². The molecule has 1 unspecified atom stereocenters. The number of benzene rings is 2. The number of rotatable bonds is 3. The average Bonchev–Trinajstić information content (AvgIpc) is 2.74. The summed E-state index contributed by atoms with van der Waals surface area (Å²) in [4.78, 5) is 29.3. The van der Waals surface area contributed by atoms with Gasteiger partial charge in [0.2, 0.25) is 0 Å². The van der Waals surface area contributed by atoms with E-state index in [9.17, 15) is 22.8 Å². The molecule has 1 fully saturated rings. The Morgan fingerprint density at radius 3 is 2.47 bits per heavy atom. The van der Waals surface area contributed by atoms with Gasteiger partial charge >= 0.3 is 12.1 Å². The van der Waals surface area contributed by atoms with Crippen LogP contribution in [-0.2, 0) is 22.1 Å². The fourth-order valence-corrected chi connectivity index (χ4v) is 4.05. The van der Waals surface area contributed by atoms with Gasteiger partial charge in [-0.3, -0.25) is 4.79 Å². The van der Waals surface area contributed by atoms with Crippen LogP contribution in [0.2, 0.25) is 0 Å². The number of hydrogen-bond donors (Lipinski definition) is 1. The number of ether oxygens (including phenoxy) is 1. The molecule has 2 aliphatic heterocycles. The van der Waals surface area contributed by atoms with Crippen LogP contribution in [0.1, 0.15) is 28.4 Å². The maximum absolute atomic E-state index is 13.8. The lowest BCUT2D eigenvalue weighted by Crippen LogP contribution is -2.49. The molecule has 0 aromatic heterocycles. The predicted octanol–water partition coefficient (Wildman–Crippen LogP) is 3.57. The number of carbonyl (C=O) groups excluding carboxylic acids is 2. The third-order valence-electron chi connectivity index (χ3n) is 5.99. The monoisotopic (exact) mass is 447 g/mol. The van der Waals surface area contributed by atoms with Crippen LogP contribution in [0.15, 0.2) is 42.5 Å². The molecular weight excluding hydrogens is 423 g/mol. The molecule has 0 aliphatic carbocycles. The first-order chi connectivity index (χ1) is 15.1. The van der Waals surface area contributed by atoms with Crippen LogP contribution in [0.3, 0.4) is 0 Å². The summed E-state index contributed by atoms with van der Waals surface area (Å²) in [6, 6.07) is 10.6.